The van der Waals surface area contributed by atoms with E-state index in [9.17, 15) is 5.11 Å². The maximum Gasteiger partial charge on any atom is 0.0610 e. The molecule has 0 radical (unpaired) electrons. The quantitative estimate of drug-likeness (QED) is 0.638. The highest BCUT2D eigenvalue weighted by Crippen LogP contribution is 2.22. The minimum atomic E-state index is -0.114. The number of rotatable bonds is 9. The number of hydrogen-bond donors (Lipinski definition) is 2. The molecule has 0 aliphatic heterocycles. The van der Waals surface area contributed by atoms with E-state index in [1.54, 1.807) is 0 Å². The van der Waals surface area contributed by atoms with E-state index < -0.39 is 0 Å². The second-order valence-electron chi connectivity index (χ2n) is 7.25. The SMILES string of the molecule is CC(C)NC(C)(CO)CCCCN(C)C1CCCCC1. The van der Waals surface area contributed by atoms with Crippen LogP contribution in [-0.2, 0) is 0 Å². The number of nitrogens with zero attached hydrogens (tertiary/aromatic N) is 1. The lowest BCUT2D eigenvalue weighted by Crippen LogP contribution is -2.49. The highest BCUT2D eigenvalue weighted by molar-refractivity contribution is 4.84. The Labute approximate surface area is 126 Å². The first-order valence-electron chi connectivity index (χ1n) is 8.55. The summed E-state index contributed by atoms with van der Waals surface area (Å²) in [5.41, 5.74) is -0.114. The van der Waals surface area contributed by atoms with Crippen molar-refractivity contribution in [3.8, 4) is 0 Å². The van der Waals surface area contributed by atoms with Gasteiger partial charge in [-0.2, -0.15) is 0 Å². The Morgan fingerprint density at radius 3 is 2.40 bits per heavy atom. The fourth-order valence-corrected chi connectivity index (χ4v) is 3.47. The van der Waals surface area contributed by atoms with Gasteiger partial charge in [-0.1, -0.05) is 39.5 Å². The monoisotopic (exact) mass is 284 g/mol. The molecule has 0 spiro atoms. The lowest BCUT2D eigenvalue weighted by atomic mass is 9.93. The fourth-order valence-electron chi connectivity index (χ4n) is 3.47. The van der Waals surface area contributed by atoms with Crippen LogP contribution in [0.25, 0.3) is 0 Å². The normalized spacial score (nSPS) is 20.6. The van der Waals surface area contributed by atoms with E-state index in [1.165, 1.54) is 51.5 Å². The molecule has 1 aliphatic carbocycles. The maximum absolute atomic E-state index is 9.57. The van der Waals surface area contributed by atoms with Gasteiger partial charge in [-0.15, -0.1) is 0 Å². The molecule has 0 aromatic rings. The number of hydrogen-bond acceptors (Lipinski definition) is 3. The van der Waals surface area contributed by atoms with E-state index in [4.69, 9.17) is 0 Å². The van der Waals surface area contributed by atoms with Gasteiger partial charge in [0.05, 0.1) is 6.61 Å². The molecular formula is C17H36N2O. The minimum absolute atomic E-state index is 0.114. The average molecular weight is 284 g/mol. The molecule has 0 heterocycles. The van der Waals surface area contributed by atoms with Gasteiger partial charge < -0.3 is 15.3 Å². The van der Waals surface area contributed by atoms with Gasteiger partial charge in [-0.25, -0.2) is 0 Å². The first-order chi connectivity index (χ1) is 9.47. The summed E-state index contributed by atoms with van der Waals surface area (Å²) in [6.45, 7) is 7.85. The van der Waals surface area contributed by atoms with Crippen LogP contribution >= 0.6 is 0 Å². The Hall–Kier alpha value is -0.120. The van der Waals surface area contributed by atoms with Crippen LogP contribution in [0, 0.1) is 0 Å². The minimum Gasteiger partial charge on any atom is -0.394 e. The van der Waals surface area contributed by atoms with Crippen molar-refractivity contribution in [2.45, 2.75) is 89.8 Å². The Kier molecular flexibility index (Phi) is 8.08. The molecule has 1 saturated carbocycles. The predicted octanol–water partition coefficient (Wildman–Crippen LogP) is 3.17. The summed E-state index contributed by atoms with van der Waals surface area (Å²) in [6.07, 6.45) is 10.5. The Morgan fingerprint density at radius 2 is 1.85 bits per heavy atom. The largest absolute Gasteiger partial charge is 0.394 e. The topological polar surface area (TPSA) is 35.5 Å². The lowest BCUT2D eigenvalue weighted by molar-refractivity contribution is 0.148. The van der Waals surface area contributed by atoms with Crippen LogP contribution in [0.1, 0.15) is 72.1 Å². The molecule has 0 aromatic carbocycles. The molecule has 1 fully saturated rings. The summed E-state index contributed by atoms with van der Waals surface area (Å²) in [5, 5.41) is 13.1. The molecule has 120 valence electrons. The molecule has 1 atom stereocenters. The molecule has 1 unspecified atom stereocenters. The summed E-state index contributed by atoms with van der Waals surface area (Å²) in [4.78, 5) is 2.56. The van der Waals surface area contributed by atoms with Crippen molar-refractivity contribution in [2.24, 2.45) is 0 Å². The van der Waals surface area contributed by atoms with Crippen molar-refractivity contribution in [1.29, 1.82) is 0 Å². The molecule has 0 aromatic heterocycles. The Bertz CT molecular complexity index is 251. The van der Waals surface area contributed by atoms with E-state index >= 15 is 0 Å². The van der Waals surface area contributed by atoms with Crippen molar-refractivity contribution < 1.29 is 5.11 Å². The third-order valence-electron chi connectivity index (χ3n) is 4.67. The zero-order chi connectivity index (χ0) is 15.0. The maximum atomic E-state index is 9.57. The second-order valence-corrected chi connectivity index (χ2v) is 7.25. The van der Waals surface area contributed by atoms with Crippen LogP contribution in [0.5, 0.6) is 0 Å². The molecule has 0 bridgehead atoms. The highest BCUT2D eigenvalue weighted by atomic mass is 16.3. The number of unbranched alkanes of at least 4 members (excludes halogenated alkanes) is 1. The Balaban J connectivity index is 2.19. The third-order valence-corrected chi connectivity index (χ3v) is 4.67. The van der Waals surface area contributed by atoms with Gasteiger partial charge in [0, 0.05) is 17.6 Å². The molecule has 0 saturated heterocycles. The summed E-state index contributed by atoms with van der Waals surface area (Å²) in [5.74, 6) is 0. The van der Waals surface area contributed by atoms with Crippen LogP contribution in [0.3, 0.4) is 0 Å². The van der Waals surface area contributed by atoms with E-state index in [1.807, 2.05) is 0 Å². The highest BCUT2D eigenvalue weighted by Gasteiger charge is 2.23. The zero-order valence-electron chi connectivity index (χ0n) is 14.1. The van der Waals surface area contributed by atoms with Crippen LogP contribution in [0.4, 0.5) is 0 Å². The molecule has 2 N–H and O–H groups in total. The number of aliphatic hydroxyl groups is 1. The van der Waals surface area contributed by atoms with Crippen molar-refractivity contribution in [3.05, 3.63) is 0 Å². The van der Waals surface area contributed by atoms with Crippen molar-refractivity contribution >= 4 is 0 Å². The van der Waals surface area contributed by atoms with Crippen LogP contribution in [0.15, 0.2) is 0 Å². The summed E-state index contributed by atoms with van der Waals surface area (Å²) >= 11 is 0. The molecule has 1 aliphatic rings. The number of aliphatic hydroxyl groups excluding tert-OH is 1. The summed E-state index contributed by atoms with van der Waals surface area (Å²) < 4.78 is 0. The van der Waals surface area contributed by atoms with Gasteiger partial charge in [0.1, 0.15) is 0 Å². The lowest BCUT2D eigenvalue weighted by Gasteiger charge is -2.33. The first-order valence-corrected chi connectivity index (χ1v) is 8.55. The molecule has 0 amide bonds. The van der Waals surface area contributed by atoms with E-state index in [0.29, 0.717) is 6.04 Å². The average Bonchev–Trinajstić information content (AvgIpc) is 2.43. The van der Waals surface area contributed by atoms with Gasteiger partial charge in [0.25, 0.3) is 0 Å². The van der Waals surface area contributed by atoms with Crippen molar-refractivity contribution in [2.75, 3.05) is 20.2 Å². The second kappa shape index (κ2) is 9.01. The van der Waals surface area contributed by atoms with Gasteiger partial charge in [0.2, 0.25) is 0 Å². The van der Waals surface area contributed by atoms with E-state index in [-0.39, 0.29) is 12.1 Å². The van der Waals surface area contributed by atoms with Gasteiger partial charge in [-0.05, 0) is 46.2 Å². The molecule has 3 heteroatoms. The van der Waals surface area contributed by atoms with Gasteiger partial charge >= 0.3 is 0 Å². The third kappa shape index (κ3) is 6.55. The summed E-state index contributed by atoms with van der Waals surface area (Å²) in [6, 6.07) is 1.25. The van der Waals surface area contributed by atoms with Crippen molar-refractivity contribution in [3.63, 3.8) is 0 Å². The molecular weight excluding hydrogens is 248 g/mol. The number of nitrogens with one attached hydrogen (secondary N) is 1. The van der Waals surface area contributed by atoms with Crippen LogP contribution in [0.2, 0.25) is 0 Å². The molecule has 3 nitrogen and oxygen atoms in total. The van der Waals surface area contributed by atoms with E-state index in [0.717, 1.165) is 12.5 Å². The van der Waals surface area contributed by atoms with Gasteiger partial charge in [0.15, 0.2) is 0 Å². The van der Waals surface area contributed by atoms with Crippen LogP contribution in [-0.4, -0.2) is 47.8 Å². The smallest absolute Gasteiger partial charge is 0.0610 e. The molecule has 20 heavy (non-hydrogen) atoms. The van der Waals surface area contributed by atoms with Crippen LogP contribution < -0.4 is 5.32 Å². The molecule has 1 rings (SSSR count). The van der Waals surface area contributed by atoms with E-state index in [2.05, 4.69) is 38.0 Å². The zero-order valence-corrected chi connectivity index (χ0v) is 14.1. The van der Waals surface area contributed by atoms with Gasteiger partial charge in [-0.3, -0.25) is 0 Å². The van der Waals surface area contributed by atoms with Crippen molar-refractivity contribution in [1.82, 2.24) is 10.2 Å². The summed E-state index contributed by atoms with van der Waals surface area (Å²) in [7, 11) is 2.29. The Morgan fingerprint density at radius 1 is 1.20 bits per heavy atom. The standard InChI is InChI=1S/C17H36N2O/c1-15(2)18-17(3,14-20)12-8-9-13-19(4)16-10-6-5-7-11-16/h15-16,18,20H,5-14H2,1-4H3. The fraction of sp³-hybridized carbons (Fsp3) is 1.00. The predicted molar refractivity (Wildman–Crippen MR) is 87.1 cm³/mol. The first kappa shape index (κ1) is 17.9.